The Morgan fingerprint density at radius 2 is 2.07 bits per heavy atom. The molecule has 8 nitrogen and oxygen atoms in total. The molecule has 0 saturated carbocycles. The summed E-state index contributed by atoms with van der Waals surface area (Å²) in [6, 6.07) is 8.69. The van der Waals surface area contributed by atoms with Gasteiger partial charge in [-0.05, 0) is 42.5 Å². The maximum absolute atomic E-state index is 12.5. The first-order valence-electron chi connectivity index (χ1n) is 7.87. The van der Waals surface area contributed by atoms with Gasteiger partial charge in [0.1, 0.15) is 6.04 Å². The minimum Gasteiger partial charge on any atom is -0.459 e. The number of nitrogens with one attached hydrogen (secondary N) is 2. The Balaban J connectivity index is 1.72. The second-order valence-corrected chi connectivity index (χ2v) is 6.55. The van der Waals surface area contributed by atoms with Gasteiger partial charge in [0.2, 0.25) is 5.91 Å². The van der Waals surface area contributed by atoms with Crippen molar-refractivity contribution < 1.29 is 18.8 Å². The standard InChI is InChI=1S/C17H15ClN4O4S/c1-21-16(25)12(9-14(23)19-11-5-2-4-10(18)8-11)22(17(21)27)20-15(24)13-6-3-7-26-13/h2-8,12H,9H2,1H3,(H,19,23)(H,20,24). The number of amides is 3. The van der Waals surface area contributed by atoms with Crippen molar-refractivity contribution in [1.82, 2.24) is 15.3 Å². The molecule has 3 rings (SSSR count). The number of halogens is 1. The molecule has 3 amide bonds. The highest BCUT2D eigenvalue weighted by Crippen LogP contribution is 2.20. The summed E-state index contributed by atoms with van der Waals surface area (Å²) in [5.41, 5.74) is 3.02. The molecule has 140 valence electrons. The van der Waals surface area contributed by atoms with Crippen LogP contribution < -0.4 is 10.7 Å². The maximum atomic E-state index is 12.5. The van der Waals surface area contributed by atoms with Crippen molar-refractivity contribution >= 4 is 52.3 Å². The fraction of sp³-hybridized carbons (Fsp3) is 0.176. The SMILES string of the molecule is CN1C(=O)C(CC(=O)Nc2cccc(Cl)c2)N(NC(=O)c2ccco2)C1=S. The van der Waals surface area contributed by atoms with E-state index >= 15 is 0 Å². The van der Waals surface area contributed by atoms with Crippen LogP contribution in [0.3, 0.4) is 0 Å². The molecule has 0 radical (unpaired) electrons. The van der Waals surface area contributed by atoms with Crippen molar-refractivity contribution in [2.45, 2.75) is 12.5 Å². The van der Waals surface area contributed by atoms with E-state index in [2.05, 4.69) is 10.7 Å². The summed E-state index contributed by atoms with van der Waals surface area (Å²) in [4.78, 5) is 38.3. The number of carbonyl (C=O) groups excluding carboxylic acids is 3. The normalized spacial score (nSPS) is 16.6. The summed E-state index contributed by atoms with van der Waals surface area (Å²) in [6.07, 6.45) is 1.14. The van der Waals surface area contributed by atoms with Crippen LogP contribution in [0.4, 0.5) is 5.69 Å². The van der Waals surface area contributed by atoms with E-state index in [1.807, 2.05) is 0 Å². The van der Waals surface area contributed by atoms with Crippen LogP contribution in [-0.2, 0) is 9.59 Å². The zero-order valence-corrected chi connectivity index (χ0v) is 15.7. The van der Waals surface area contributed by atoms with Crippen LogP contribution in [-0.4, -0.2) is 45.8 Å². The van der Waals surface area contributed by atoms with Crippen LogP contribution in [0.2, 0.25) is 5.02 Å². The van der Waals surface area contributed by atoms with Crippen molar-refractivity contribution in [3.63, 3.8) is 0 Å². The summed E-state index contributed by atoms with van der Waals surface area (Å²) in [6.45, 7) is 0. The highest BCUT2D eigenvalue weighted by molar-refractivity contribution is 7.80. The summed E-state index contributed by atoms with van der Waals surface area (Å²) in [5, 5.41) is 4.41. The number of hydrogen-bond donors (Lipinski definition) is 2. The zero-order chi connectivity index (χ0) is 19.6. The van der Waals surface area contributed by atoms with E-state index in [0.29, 0.717) is 10.7 Å². The number of nitrogens with zero attached hydrogens (tertiary/aromatic N) is 2. The molecule has 0 bridgehead atoms. The molecule has 1 aliphatic rings. The van der Waals surface area contributed by atoms with E-state index < -0.39 is 23.8 Å². The molecule has 1 aromatic carbocycles. The van der Waals surface area contributed by atoms with E-state index in [9.17, 15) is 14.4 Å². The third-order valence-electron chi connectivity index (χ3n) is 3.87. The average molecular weight is 407 g/mol. The molecule has 1 fully saturated rings. The first-order valence-corrected chi connectivity index (χ1v) is 8.66. The van der Waals surface area contributed by atoms with E-state index in [4.69, 9.17) is 28.2 Å². The van der Waals surface area contributed by atoms with Gasteiger partial charge in [0.25, 0.3) is 5.91 Å². The van der Waals surface area contributed by atoms with Gasteiger partial charge in [0.15, 0.2) is 10.9 Å². The molecule has 2 N–H and O–H groups in total. The van der Waals surface area contributed by atoms with Crippen LogP contribution in [0.5, 0.6) is 0 Å². The largest absolute Gasteiger partial charge is 0.459 e. The van der Waals surface area contributed by atoms with E-state index in [1.54, 1.807) is 30.3 Å². The molecule has 1 aromatic heterocycles. The first-order chi connectivity index (χ1) is 12.9. The van der Waals surface area contributed by atoms with Gasteiger partial charge in [-0.15, -0.1) is 0 Å². The average Bonchev–Trinajstić information content (AvgIpc) is 3.22. The fourth-order valence-electron chi connectivity index (χ4n) is 2.55. The third kappa shape index (κ3) is 4.09. The lowest BCUT2D eigenvalue weighted by atomic mass is 10.2. The topological polar surface area (TPSA) is 94.9 Å². The second kappa shape index (κ2) is 7.77. The van der Waals surface area contributed by atoms with Crippen molar-refractivity contribution in [1.29, 1.82) is 0 Å². The number of likely N-dealkylation sites (N-methyl/N-ethyl adjacent to an activating group) is 1. The predicted octanol–water partition coefficient (Wildman–Crippen LogP) is 2.03. The highest BCUT2D eigenvalue weighted by Gasteiger charge is 2.43. The van der Waals surface area contributed by atoms with Gasteiger partial charge < -0.3 is 9.73 Å². The van der Waals surface area contributed by atoms with Gasteiger partial charge in [-0.25, -0.2) is 5.01 Å². The van der Waals surface area contributed by atoms with Crippen LogP contribution in [0.1, 0.15) is 17.0 Å². The Hall–Kier alpha value is -2.91. The number of anilines is 1. The van der Waals surface area contributed by atoms with Gasteiger partial charge in [-0.2, -0.15) is 0 Å². The third-order valence-corrected chi connectivity index (χ3v) is 4.58. The molecule has 27 heavy (non-hydrogen) atoms. The maximum Gasteiger partial charge on any atom is 0.305 e. The summed E-state index contributed by atoms with van der Waals surface area (Å²) >= 11 is 11.1. The molecule has 1 unspecified atom stereocenters. The lowest BCUT2D eigenvalue weighted by Crippen LogP contribution is -2.49. The first kappa shape index (κ1) is 18.9. The Morgan fingerprint density at radius 3 is 2.74 bits per heavy atom. The number of furan rings is 1. The van der Waals surface area contributed by atoms with Gasteiger partial charge in [0, 0.05) is 17.8 Å². The zero-order valence-electron chi connectivity index (χ0n) is 14.1. The van der Waals surface area contributed by atoms with Crippen LogP contribution in [0, 0.1) is 0 Å². The Bertz CT molecular complexity index is 902. The van der Waals surface area contributed by atoms with Gasteiger partial charge in [-0.3, -0.25) is 24.7 Å². The number of benzene rings is 1. The lowest BCUT2D eigenvalue weighted by molar-refractivity contribution is -0.130. The number of hydrazine groups is 1. The van der Waals surface area contributed by atoms with Gasteiger partial charge >= 0.3 is 5.91 Å². The Kier molecular flexibility index (Phi) is 5.43. The number of carbonyl (C=O) groups is 3. The molecule has 0 spiro atoms. The van der Waals surface area contributed by atoms with Crippen molar-refractivity contribution in [3.05, 3.63) is 53.4 Å². The minimum atomic E-state index is -0.972. The smallest absolute Gasteiger partial charge is 0.305 e. The molecule has 10 heteroatoms. The van der Waals surface area contributed by atoms with E-state index in [0.717, 1.165) is 0 Å². The number of thiocarbonyl (C=S) groups is 1. The van der Waals surface area contributed by atoms with E-state index in [-0.39, 0.29) is 17.3 Å². The number of rotatable bonds is 5. The summed E-state index contributed by atoms with van der Waals surface area (Å²) in [7, 11) is 1.48. The quantitative estimate of drug-likeness (QED) is 0.738. The van der Waals surface area contributed by atoms with Crippen molar-refractivity contribution in [3.8, 4) is 0 Å². The fourth-order valence-corrected chi connectivity index (χ4v) is 3.01. The van der Waals surface area contributed by atoms with Crippen LogP contribution >= 0.6 is 23.8 Å². The minimum absolute atomic E-state index is 0.0573. The van der Waals surface area contributed by atoms with Gasteiger partial charge in [0.05, 0.1) is 12.7 Å². The Labute approximate surface area is 165 Å². The molecule has 2 aromatic rings. The molecular formula is C17H15ClN4O4S. The van der Waals surface area contributed by atoms with Crippen molar-refractivity contribution in [2.24, 2.45) is 0 Å². The van der Waals surface area contributed by atoms with E-state index in [1.165, 1.54) is 29.3 Å². The summed E-state index contributed by atoms with van der Waals surface area (Å²) < 4.78 is 5.03. The van der Waals surface area contributed by atoms with Crippen molar-refractivity contribution in [2.75, 3.05) is 12.4 Å². The highest BCUT2D eigenvalue weighted by atomic mass is 35.5. The molecule has 1 atom stereocenters. The Morgan fingerprint density at radius 1 is 1.30 bits per heavy atom. The van der Waals surface area contributed by atoms with Crippen LogP contribution in [0.25, 0.3) is 0 Å². The summed E-state index contributed by atoms with van der Waals surface area (Å²) in [5.74, 6) is -1.35. The molecule has 0 aliphatic carbocycles. The molecular weight excluding hydrogens is 392 g/mol. The molecule has 2 heterocycles. The monoisotopic (exact) mass is 406 g/mol. The lowest BCUT2D eigenvalue weighted by Gasteiger charge is -2.23. The van der Waals surface area contributed by atoms with Crippen LogP contribution in [0.15, 0.2) is 47.1 Å². The number of hydrogen-bond acceptors (Lipinski definition) is 5. The molecule has 1 saturated heterocycles. The second-order valence-electron chi connectivity index (χ2n) is 5.75. The molecule has 1 aliphatic heterocycles. The predicted molar refractivity (Wildman–Crippen MR) is 102 cm³/mol. The van der Waals surface area contributed by atoms with Gasteiger partial charge in [-0.1, -0.05) is 17.7 Å².